The predicted octanol–water partition coefficient (Wildman–Crippen LogP) is 3.61. The van der Waals surface area contributed by atoms with Gasteiger partial charge in [-0.3, -0.25) is 0 Å². The number of anilines is 1. The Kier molecular flexibility index (Phi) is 6.36. The highest BCUT2D eigenvalue weighted by molar-refractivity contribution is 5.61. The number of methoxy groups -OCH3 is 1. The van der Waals surface area contributed by atoms with Crippen molar-refractivity contribution in [3.05, 3.63) is 30.2 Å². The Morgan fingerprint density at radius 3 is 2.39 bits per heavy atom. The first-order valence-electron chi connectivity index (χ1n) is 11.4. The van der Waals surface area contributed by atoms with Gasteiger partial charge in [-0.15, -0.1) is 0 Å². The molecule has 4 fully saturated rings. The summed E-state index contributed by atoms with van der Waals surface area (Å²) in [4.78, 5) is 12.7. The summed E-state index contributed by atoms with van der Waals surface area (Å²) in [6.45, 7) is 6.50. The predicted molar refractivity (Wildman–Crippen MR) is 122 cm³/mol. The third kappa shape index (κ3) is 4.08. The van der Waals surface area contributed by atoms with Crippen LogP contribution in [0, 0.1) is 5.92 Å². The third-order valence-corrected chi connectivity index (χ3v) is 6.36. The average molecular weight is 424 g/mol. The molecule has 7 rings (SSSR count). The van der Waals surface area contributed by atoms with Gasteiger partial charge < -0.3 is 15.8 Å². The topological polar surface area (TPSA) is 103 Å². The van der Waals surface area contributed by atoms with Crippen molar-refractivity contribution in [3.63, 3.8) is 0 Å². The van der Waals surface area contributed by atoms with Crippen molar-refractivity contribution >= 4 is 11.6 Å². The van der Waals surface area contributed by atoms with E-state index in [1.54, 1.807) is 19.5 Å². The number of ether oxygens (including phenoxy) is 1. The van der Waals surface area contributed by atoms with Gasteiger partial charge in [0.15, 0.2) is 5.65 Å². The molecule has 8 heteroatoms. The summed E-state index contributed by atoms with van der Waals surface area (Å²) >= 11 is 0. The molecule has 2 bridgehead atoms. The standard InChI is InChI=1S/C16H16N6O.C5H11N.C2H6/c1-23-12-4-13-19-8-11(10-2-3-18-15(17)20-10)22(13)21-14(12)16-5-9(6-16)7-16;1-2-4-6-5-3-1;1-2/h2-4,8-9H,5-7H2,1H3,(H2,17,18,20);6H,1-5H2;1-2H3. The van der Waals surface area contributed by atoms with E-state index in [4.69, 9.17) is 15.6 Å². The molecular weight excluding hydrogens is 390 g/mol. The van der Waals surface area contributed by atoms with Gasteiger partial charge in [0, 0.05) is 17.7 Å². The van der Waals surface area contributed by atoms with E-state index in [1.807, 2.05) is 30.5 Å². The summed E-state index contributed by atoms with van der Waals surface area (Å²) in [5.74, 6) is 1.95. The number of nitrogens with one attached hydrogen (secondary N) is 1. The first-order chi connectivity index (χ1) is 15.2. The summed E-state index contributed by atoms with van der Waals surface area (Å²) < 4.78 is 7.41. The fraction of sp³-hybridized carbons (Fsp3) is 0.565. The lowest BCUT2D eigenvalue weighted by Gasteiger charge is -2.61. The number of aromatic nitrogens is 5. The molecule has 4 heterocycles. The lowest BCUT2D eigenvalue weighted by molar-refractivity contribution is -0.0333. The number of nitrogen functional groups attached to an aromatic ring is 1. The minimum absolute atomic E-state index is 0.205. The quantitative estimate of drug-likeness (QED) is 0.663. The molecule has 1 saturated heterocycles. The molecule has 0 radical (unpaired) electrons. The van der Waals surface area contributed by atoms with Crippen LogP contribution in [0.3, 0.4) is 0 Å². The molecule has 0 unspecified atom stereocenters. The molecule has 3 aromatic heterocycles. The monoisotopic (exact) mass is 423 g/mol. The maximum atomic E-state index is 5.70. The van der Waals surface area contributed by atoms with Gasteiger partial charge in [0.25, 0.3) is 0 Å². The summed E-state index contributed by atoms with van der Waals surface area (Å²) in [7, 11) is 1.69. The second-order valence-electron chi connectivity index (χ2n) is 8.34. The minimum atomic E-state index is 0.205. The molecule has 0 amide bonds. The second-order valence-corrected chi connectivity index (χ2v) is 8.34. The molecule has 3 aliphatic carbocycles. The third-order valence-electron chi connectivity index (χ3n) is 6.36. The maximum Gasteiger partial charge on any atom is 0.220 e. The van der Waals surface area contributed by atoms with E-state index in [1.165, 1.54) is 51.6 Å². The first-order valence-corrected chi connectivity index (χ1v) is 11.4. The summed E-state index contributed by atoms with van der Waals surface area (Å²) in [5, 5.41) is 8.16. The minimum Gasteiger partial charge on any atom is -0.495 e. The molecule has 0 spiro atoms. The number of piperidine rings is 1. The number of hydrogen-bond donors (Lipinski definition) is 2. The fourth-order valence-electron chi connectivity index (χ4n) is 4.68. The molecule has 31 heavy (non-hydrogen) atoms. The van der Waals surface area contributed by atoms with Crippen LogP contribution >= 0.6 is 0 Å². The highest BCUT2D eigenvalue weighted by Crippen LogP contribution is 2.66. The van der Waals surface area contributed by atoms with Gasteiger partial charge in [0.1, 0.15) is 17.1 Å². The van der Waals surface area contributed by atoms with Gasteiger partial charge in [-0.25, -0.2) is 19.5 Å². The smallest absolute Gasteiger partial charge is 0.220 e. The van der Waals surface area contributed by atoms with Crippen molar-refractivity contribution in [2.24, 2.45) is 5.92 Å². The van der Waals surface area contributed by atoms with E-state index in [9.17, 15) is 0 Å². The zero-order valence-electron chi connectivity index (χ0n) is 18.8. The molecule has 3 saturated carbocycles. The lowest BCUT2D eigenvalue weighted by atomic mass is 9.43. The van der Waals surface area contributed by atoms with Gasteiger partial charge in [0.2, 0.25) is 5.95 Å². The maximum absolute atomic E-state index is 5.70. The number of imidazole rings is 1. The largest absolute Gasteiger partial charge is 0.495 e. The van der Waals surface area contributed by atoms with Crippen molar-refractivity contribution in [1.82, 2.24) is 29.9 Å². The van der Waals surface area contributed by atoms with Crippen LogP contribution in [0.15, 0.2) is 24.5 Å². The Labute approximate surface area is 183 Å². The van der Waals surface area contributed by atoms with Crippen LogP contribution in [0.4, 0.5) is 5.95 Å². The molecule has 1 aliphatic heterocycles. The molecule has 8 nitrogen and oxygen atoms in total. The number of hydrogen-bond acceptors (Lipinski definition) is 7. The number of nitrogens with zero attached hydrogens (tertiary/aromatic N) is 5. The molecule has 3 aromatic rings. The van der Waals surface area contributed by atoms with Crippen LogP contribution in [0.25, 0.3) is 17.0 Å². The van der Waals surface area contributed by atoms with Crippen LogP contribution in [0.5, 0.6) is 5.75 Å². The summed E-state index contributed by atoms with van der Waals surface area (Å²) in [6, 6.07) is 3.77. The zero-order chi connectivity index (χ0) is 21.8. The van der Waals surface area contributed by atoms with Crippen molar-refractivity contribution in [1.29, 1.82) is 0 Å². The highest BCUT2D eigenvalue weighted by atomic mass is 16.5. The molecule has 0 aromatic carbocycles. The second kappa shape index (κ2) is 9.18. The van der Waals surface area contributed by atoms with E-state index in [0.717, 1.165) is 28.7 Å². The van der Waals surface area contributed by atoms with Gasteiger partial charge in [-0.2, -0.15) is 5.10 Å². The van der Waals surface area contributed by atoms with E-state index in [0.29, 0.717) is 5.69 Å². The van der Waals surface area contributed by atoms with Crippen LogP contribution in [-0.4, -0.2) is 44.8 Å². The SMILES string of the molecule is C1CCNCC1.CC.COc1cc2ncc(-c3ccnc(N)n3)n2nc1C12CC(C1)C2. The molecular formula is C23H33N7O. The molecule has 3 N–H and O–H groups in total. The summed E-state index contributed by atoms with van der Waals surface area (Å²) in [6.07, 6.45) is 11.3. The number of nitrogens with two attached hydrogens (primary N) is 1. The molecule has 166 valence electrons. The summed E-state index contributed by atoms with van der Waals surface area (Å²) in [5.41, 5.74) is 9.21. The Morgan fingerprint density at radius 1 is 1.13 bits per heavy atom. The average Bonchev–Trinajstić information content (AvgIpc) is 3.17. The van der Waals surface area contributed by atoms with Crippen LogP contribution in [0.1, 0.15) is 58.1 Å². The van der Waals surface area contributed by atoms with Crippen LogP contribution < -0.4 is 15.8 Å². The number of rotatable bonds is 3. The van der Waals surface area contributed by atoms with Crippen LogP contribution in [0.2, 0.25) is 0 Å². The normalized spacial score (nSPS) is 23.4. The Balaban J connectivity index is 0.000000248. The van der Waals surface area contributed by atoms with Gasteiger partial charge in [0.05, 0.1) is 19.0 Å². The van der Waals surface area contributed by atoms with E-state index >= 15 is 0 Å². The molecule has 0 atom stereocenters. The van der Waals surface area contributed by atoms with Gasteiger partial charge in [-0.1, -0.05) is 20.3 Å². The first kappa shape index (κ1) is 21.5. The molecule has 4 aliphatic rings. The van der Waals surface area contributed by atoms with E-state index in [-0.39, 0.29) is 11.4 Å². The Bertz CT molecular complexity index is 999. The van der Waals surface area contributed by atoms with Crippen molar-refractivity contribution < 1.29 is 4.74 Å². The lowest BCUT2D eigenvalue weighted by Crippen LogP contribution is -2.56. The number of fused-ring (bicyclic) bond motifs is 1. The Morgan fingerprint density at radius 2 is 1.87 bits per heavy atom. The van der Waals surface area contributed by atoms with Crippen LogP contribution in [-0.2, 0) is 5.41 Å². The highest BCUT2D eigenvalue weighted by Gasteiger charge is 2.59. The van der Waals surface area contributed by atoms with Crippen molar-refractivity contribution in [2.45, 2.75) is 57.8 Å². The van der Waals surface area contributed by atoms with E-state index < -0.39 is 0 Å². The van der Waals surface area contributed by atoms with Crippen molar-refractivity contribution in [3.8, 4) is 17.1 Å². The zero-order valence-corrected chi connectivity index (χ0v) is 18.8. The van der Waals surface area contributed by atoms with Gasteiger partial charge in [-0.05, 0) is 57.2 Å². The fourth-order valence-corrected chi connectivity index (χ4v) is 4.68. The van der Waals surface area contributed by atoms with Crippen molar-refractivity contribution in [2.75, 3.05) is 25.9 Å². The van der Waals surface area contributed by atoms with Gasteiger partial charge >= 0.3 is 0 Å². The van der Waals surface area contributed by atoms with E-state index in [2.05, 4.69) is 20.3 Å². The Hall–Kier alpha value is -2.74.